The van der Waals surface area contributed by atoms with Crippen LogP contribution in [0.1, 0.15) is 11.1 Å². The van der Waals surface area contributed by atoms with E-state index >= 15 is 0 Å². The molecule has 22 heavy (non-hydrogen) atoms. The van der Waals surface area contributed by atoms with Crippen molar-refractivity contribution >= 4 is 0 Å². The van der Waals surface area contributed by atoms with Gasteiger partial charge >= 0.3 is 35.9 Å². The molecule has 0 atom stereocenters. The number of hydrogen-bond acceptors (Lipinski definition) is 2. The molecule has 0 N–H and O–H groups in total. The Hall–Kier alpha value is -1.72. The fourth-order valence-corrected chi connectivity index (χ4v) is 1.35. The second kappa shape index (κ2) is 13.0. The van der Waals surface area contributed by atoms with Crippen LogP contribution >= 0.6 is 0 Å². The Kier molecular flexibility index (Phi) is 13.3. The summed E-state index contributed by atoms with van der Waals surface area (Å²) >= 11 is 0. The number of benzene rings is 2. The third-order valence-corrected chi connectivity index (χ3v) is 2.47. The number of methoxy groups -OCH3 is 2. The predicted molar refractivity (Wildman–Crippen MR) is 78.5 cm³/mol. The number of hydrogen-bond donors (Lipinski definition) is 0. The van der Waals surface area contributed by atoms with E-state index in [1.165, 1.54) is 0 Å². The molecule has 2 rings (SSSR count). The summed E-state index contributed by atoms with van der Waals surface area (Å²) in [5.74, 6) is 6.15. The zero-order chi connectivity index (χ0) is 14.8. The molecule has 0 aromatic heterocycles. The van der Waals surface area contributed by atoms with Crippen molar-refractivity contribution in [3.8, 4) is 23.3 Å². The van der Waals surface area contributed by atoms with Gasteiger partial charge in [-0.3, -0.25) is 11.8 Å². The van der Waals surface area contributed by atoms with Crippen LogP contribution in [0.15, 0.2) is 48.5 Å². The van der Waals surface area contributed by atoms with Crippen LogP contribution in [0.5, 0.6) is 11.5 Å². The number of rotatable bonds is 2. The minimum absolute atomic E-state index is 0. The Morgan fingerprint density at radius 3 is 1.14 bits per heavy atom. The summed E-state index contributed by atoms with van der Waals surface area (Å²) < 4.78 is 9.85. The summed E-state index contributed by atoms with van der Waals surface area (Å²) in [6.07, 6.45) is 13.6. The minimum Gasteiger partial charge on any atom is -0.497 e. The third kappa shape index (κ3) is 7.90. The average molecular weight is 333 g/mol. The summed E-state index contributed by atoms with van der Waals surface area (Å²) in [6.45, 7) is 0. The summed E-state index contributed by atoms with van der Waals surface area (Å²) in [4.78, 5) is 0. The van der Waals surface area contributed by atoms with Gasteiger partial charge in [-0.05, 0) is 24.3 Å². The van der Waals surface area contributed by atoms with E-state index in [-0.39, 0.29) is 35.9 Å². The van der Waals surface area contributed by atoms with Gasteiger partial charge in [0.2, 0.25) is 0 Å². The molecule has 0 heterocycles. The van der Waals surface area contributed by atoms with Crippen molar-refractivity contribution in [1.29, 1.82) is 0 Å². The van der Waals surface area contributed by atoms with Crippen LogP contribution in [0.2, 0.25) is 0 Å². The van der Waals surface area contributed by atoms with Crippen molar-refractivity contribution in [3.05, 3.63) is 72.5 Å². The zero-order valence-electron chi connectivity index (χ0n) is 12.7. The Morgan fingerprint density at radius 1 is 0.682 bits per heavy atom. The van der Waals surface area contributed by atoms with E-state index in [4.69, 9.17) is 22.3 Å². The molecule has 2 aromatic rings. The van der Waals surface area contributed by atoms with Crippen LogP contribution < -0.4 is 28.3 Å². The van der Waals surface area contributed by atoms with Gasteiger partial charge in [-0.25, -0.2) is 0 Å². The molecular formula is C18H14CuLiO2. The molecule has 0 amide bonds. The summed E-state index contributed by atoms with van der Waals surface area (Å²) in [5.41, 5.74) is 1.53. The van der Waals surface area contributed by atoms with Gasteiger partial charge in [0.1, 0.15) is 11.5 Å². The Balaban J connectivity index is 0. The molecule has 0 aliphatic carbocycles. The van der Waals surface area contributed by atoms with E-state index in [9.17, 15) is 0 Å². The molecule has 4 heteroatoms. The fourth-order valence-electron chi connectivity index (χ4n) is 1.35. The molecule has 0 spiro atoms. The zero-order valence-corrected chi connectivity index (χ0v) is 13.7. The van der Waals surface area contributed by atoms with Crippen molar-refractivity contribution in [3.63, 3.8) is 0 Å². The van der Waals surface area contributed by atoms with E-state index in [0.717, 1.165) is 22.6 Å². The molecule has 0 unspecified atom stereocenters. The van der Waals surface area contributed by atoms with E-state index in [0.29, 0.717) is 0 Å². The van der Waals surface area contributed by atoms with Gasteiger partial charge in [-0.1, -0.05) is 0 Å². The molecule has 0 radical (unpaired) electrons. The summed E-state index contributed by atoms with van der Waals surface area (Å²) in [5, 5.41) is 0. The minimum atomic E-state index is 0. The molecule has 2 aromatic carbocycles. The molecule has 0 saturated heterocycles. The maximum absolute atomic E-state index is 6.78. The molecule has 0 saturated carbocycles. The van der Waals surface area contributed by atoms with Gasteiger partial charge in [0.15, 0.2) is 0 Å². The van der Waals surface area contributed by atoms with E-state index < -0.39 is 0 Å². The van der Waals surface area contributed by atoms with Crippen molar-refractivity contribution in [2.75, 3.05) is 14.2 Å². The van der Waals surface area contributed by atoms with Crippen molar-refractivity contribution < 1.29 is 45.4 Å². The van der Waals surface area contributed by atoms with Crippen LogP contribution in [0, 0.1) is 24.7 Å². The van der Waals surface area contributed by atoms with E-state index in [1.54, 1.807) is 62.8 Å². The Morgan fingerprint density at radius 2 is 0.955 bits per heavy atom. The van der Waals surface area contributed by atoms with Gasteiger partial charge in [-0.15, -0.1) is 35.4 Å². The first-order valence-electron chi connectivity index (χ1n) is 5.87. The largest absolute Gasteiger partial charge is 1.00 e. The maximum atomic E-state index is 6.78. The summed E-state index contributed by atoms with van der Waals surface area (Å²) in [6, 6.07) is 14.3. The molecule has 0 bridgehead atoms. The molecular weight excluding hydrogens is 319 g/mol. The van der Waals surface area contributed by atoms with Crippen LogP contribution in [0.4, 0.5) is 0 Å². The smallest absolute Gasteiger partial charge is 0.497 e. The van der Waals surface area contributed by atoms with Gasteiger partial charge in [0.25, 0.3) is 0 Å². The molecule has 110 valence electrons. The fraction of sp³-hybridized carbons (Fsp3) is 0.111. The van der Waals surface area contributed by atoms with Crippen LogP contribution in [-0.4, -0.2) is 14.2 Å². The van der Waals surface area contributed by atoms with Gasteiger partial charge < -0.3 is 22.3 Å². The van der Waals surface area contributed by atoms with Crippen LogP contribution in [-0.2, 0) is 17.1 Å². The molecule has 0 fully saturated rings. The van der Waals surface area contributed by atoms with Gasteiger partial charge in [0, 0.05) is 0 Å². The number of ether oxygens (including phenoxy) is 2. The van der Waals surface area contributed by atoms with Crippen LogP contribution in [0.25, 0.3) is 0 Å². The normalized spacial score (nSPS) is 7.64. The third-order valence-electron chi connectivity index (χ3n) is 2.47. The Labute approximate surface area is 155 Å². The summed E-state index contributed by atoms with van der Waals surface area (Å²) in [7, 11) is 3.23. The topological polar surface area (TPSA) is 18.5 Å². The first kappa shape index (κ1) is 22.6. The van der Waals surface area contributed by atoms with Gasteiger partial charge in [-0.2, -0.15) is 0 Å². The SMILES string of the molecule is [C-]#Cc1ccc(OC)cc1.[C-]#Cc1ccc(OC)cc1.[Cu+].[Li+]. The van der Waals surface area contributed by atoms with Crippen molar-refractivity contribution in [2.45, 2.75) is 0 Å². The first-order valence-corrected chi connectivity index (χ1v) is 5.87. The average Bonchev–Trinajstić information content (AvgIpc) is 2.55. The predicted octanol–water partition coefficient (Wildman–Crippen LogP) is 0.268. The quantitative estimate of drug-likeness (QED) is 0.446. The second-order valence-electron chi connectivity index (χ2n) is 3.71. The van der Waals surface area contributed by atoms with E-state index in [2.05, 4.69) is 11.8 Å². The van der Waals surface area contributed by atoms with Gasteiger partial charge in [0.05, 0.1) is 14.2 Å². The van der Waals surface area contributed by atoms with Crippen LogP contribution in [0.3, 0.4) is 0 Å². The standard InChI is InChI=1S/2C9H7O.Cu.Li/c2*1-3-8-4-6-9(10-2)7-5-8;;/h2*4-7H,2H3;;/q2*-1;2*+1. The monoisotopic (exact) mass is 332 g/mol. The second-order valence-corrected chi connectivity index (χ2v) is 3.71. The first-order chi connectivity index (χ1) is 9.73. The van der Waals surface area contributed by atoms with Crippen molar-refractivity contribution in [1.82, 2.24) is 0 Å². The van der Waals surface area contributed by atoms with E-state index in [1.807, 2.05) is 0 Å². The maximum Gasteiger partial charge on any atom is 1.00 e. The molecule has 2 nitrogen and oxygen atoms in total. The van der Waals surface area contributed by atoms with Crippen molar-refractivity contribution in [2.24, 2.45) is 0 Å². The molecule has 0 aliphatic heterocycles. The Bertz CT molecular complexity index is 550. The molecule has 0 aliphatic rings.